The van der Waals surface area contributed by atoms with Crippen LogP contribution in [0.25, 0.3) is 0 Å². The summed E-state index contributed by atoms with van der Waals surface area (Å²) in [5, 5.41) is 6.59. The Hall–Kier alpha value is -2.50. The van der Waals surface area contributed by atoms with Gasteiger partial charge >= 0.3 is 0 Å². The third-order valence-electron chi connectivity index (χ3n) is 2.73. The van der Waals surface area contributed by atoms with Gasteiger partial charge in [-0.15, -0.1) is 0 Å². The Morgan fingerprint density at radius 1 is 1.30 bits per heavy atom. The summed E-state index contributed by atoms with van der Waals surface area (Å²) in [6.45, 7) is 2.21. The van der Waals surface area contributed by atoms with E-state index in [-0.39, 0.29) is 24.2 Å². The highest BCUT2D eigenvalue weighted by Gasteiger charge is 2.09. The van der Waals surface area contributed by atoms with Crippen molar-refractivity contribution in [2.75, 3.05) is 6.54 Å². The van der Waals surface area contributed by atoms with Gasteiger partial charge in [0.2, 0.25) is 0 Å². The summed E-state index contributed by atoms with van der Waals surface area (Å²) in [6.07, 6.45) is 0. The van der Waals surface area contributed by atoms with Crippen LogP contribution in [0, 0.1) is 12.7 Å². The SMILES string of the molecule is Cc1ccc(=O)n(CCNC(=O)c2ccccc2F)n1. The van der Waals surface area contributed by atoms with Crippen LogP contribution in [0.5, 0.6) is 0 Å². The quantitative estimate of drug-likeness (QED) is 0.909. The second-order valence-corrected chi connectivity index (χ2v) is 4.27. The summed E-state index contributed by atoms with van der Waals surface area (Å²) in [4.78, 5) is 23.2. The predicted octanol–water partition coefficient (Wildman–Crippen LogP) is 1.12. The van der Waals surface area contributed by atoms with Crippen molar-refractivity contribution in [1.29, 1.82) is 0 Å². The fourth-order valence-electron chi connectivity index (χ4n) is 1.73. The van der Waals surface area contributed by atoms with Crippen molar-refractivity contribution in [2.45, 2.75) is 13.5 Å². The lowest BCUT2D eigenvalue weighted by molar-refractivity contribution is 0.0947. The number of aryl methyl sites for hydroxylation is 1. The van der Waals surface area contributed by atoms with Crippen LogP contribution in [0.4, 0.5) is 4.39 Å². The zero-order valence-electron chi connectivity index (χ0n) is 11.0. The Morgan fingerprint density at radius 3 is 2.80 bits per heavy atom. The van der Waals surface area contributed by atoms with Crippen molar-refractivity contribution < 1.29 is 9.18 Å². The minimum atomic E-state index is -0.573. The van der Waals surface area contributed by atoms with Crippen LogP contribution >= 0.6 is 0 Å². The molecule has 0 spiro atoms. The molecule has 1 aromatic heterocycles. The van der Waals surface area contributed by atoms with Crippen LogP contribution in [0.15, 0.2) is 41.2 Å². The zero-order chi connectivity index (χ0) is 14.5. The minimum absolute atomic E-state index is 0.0166. The summed E-state index contributed by atoms with van der Waals surface area (Å²) < 4.78 is 14.6. The molecule has 0 aliphatic rings. The molecule has 6 heteroatoms. The molecule has 1 amide bonds. The third kappa shape index (κ3) is 3.28. The summed E-state index contributed by atoms with van der Waals surface area (Å²) in [5.41, 5.74) is 0.456. The Kier molecular flexibility index (Phi) is 4.24. The van der Waals surface area contributed by atoms with Gasteiger partial charge in [0.1, 0.15) is 5.82 Å². The Balaban J connectivity index is 1.96. The molecule has 2 aromatic rings. The van der Waals surface area contributed by atoms with E-state index in [9.17, 15) is 14.0 Å². The lowest BCUT2D eigenvalue weighted by Crippen LogP contribution is -2.32. The maximum atomic E-state index is 13.4. The molecule has 0 saturated carbocycles. The number of nitrogens with one attached hydrogen (secondary N) is 1. The predicted molar refractivity (Wildman–Crippen MR) is 72.0 cm³/mol. The first kappa shape index (κ1) is 13.9. The second kappa shape index (κ2) is 6.10. The molecule has 0 atom stereocenters. The van der Waals surface area contributed by atoms with Gasteiger partial charge in [0, 0.05) is 12.6 Å². The van der Waals surface area contributed by atoms with E-state index in [2.05, 4.69) is 10.4 Å². The fraction of sp³-hybridized carbons (Fsp3) is 0.214. The second-order valence-electron chi connectivity index (χ2n) is 4.27. The van der Waals surface area contributed by atoms with E-state index in [0.717, 1.165) is 0 Å². The molecule has 20 heavy (non-hydrogen) atoms. The van der Waals surface area contributed by atoms with Gasteiger partial charge in [-0.3, -0.25) is 9.59 Å². The van der Waals surface area contributed by atoms with Gasteiger partial charge in [0.25, 0.3) is 11.5 Å². The first-order chi connectivity index (χ1) is 9.58. The number of nitrogens with zero attached hydrogens (tertiary/aromatic N) is 2. The Morgan fingerprint density at radius 2 is 2.05 bits per heavy atom. The third-order valence-corrected chi connectivity index (χ3v) is 2.73. The standard InChI is InChI=1S/C14H14FN3O2/c1-10-6-7-13(19)18(17-10)9-8-16-14(20)11-4-2-3-5-12(11)15/h2-7H,8-9H2,1H3,(H,16,20). The molecule has 0 unspecified atom stereocenters. The van der Waals surface area contributed by atoms with Crippen molar-refractivity contribution in [3.63, 3.8) is 0 Å². The van der Waals surface area contributed by atoms with E-state index in [1.54, 1.807) is 19.1 Å². The molecule has 1 heterocycles. The maximum Gasteiger partial charge on any atom is 0.266 e. The molecule has 0 radical (unpaired) electrons. The van der Waals surface area contributed by atoms with E-state index in [1.807, 2.05) is 0 Å². The summed E-state index contributed by atoms with van der Waals surface area (Å²) >= 11 is 0. The molecule has 0 fully saturated rings. The molecule has 104 valence electrons. The summed E-state index contributed by atoms with van der Waals surface area (Å²) in [6, 6.07) is 8.77. The van der Waals surface area contributed by atoms with E-state index in [0.29, 0.717) is 5.69 Å². The molecule has 0 aliphatic carbocycles. The Labute approximate surface area is 115 Å². The van der Waals surface area contributed by atoms with Crippen molar-refractivity contribution in [2.24, 2.45) is 0 Å². The molecule has 5 nitrogen and oxygen atoms in total. The highest BCUT2D eigenvalue weighted by molar-refractivity contribution is 5.94. The average molecular weight is 275 g/mol. The van der Waals surface area contributed by atoms with Crippen molar-refractivity contribution in [3.8, 4) is 0 Å². The van der Waals surface area contributed by atoms with Crippen LogP contribution in [0.1, 0.15) is 16.1 Å². The zero-order valence-corrected chi connectivity index (χ0v) is 11.0. The van der Waals surface area contributed by atoms with Gasteiger partial charge in [-0.1, -0.05) is 12.1 Å². The van der Waals surface area contributed by atoms with Gasteiger partial charge in [-0.25, -0.2) is 9.07 Å². The number of aromatic nitrogens is 2. The van der Waals surface area contributed by atoms with Gasteiger partial charge in [0.05, 0.1) is 17.8 Å². The first-order valence-electron chi connectivity index (χ1n) is 6.15. The maximum absolute atomic E-state index is 13.4. The largest absolute Gasteiger partial charge is 0.350 e. The van der Waals surface area contributed by atoms with E-state index < -0.39 is 11.7 Å². The van der Waals surface area contributed by atoms with Crippen LogP contribution in [-0.2, 0) is 6.54 Å². The Bertz CT molecular complexity index is 682. The van der Waals surface area contributed by atoms with Gasteiger partial charge < -0.3 is 5.32 Å². The van der Waals surface area contributed by atoms with Gasteiger partial charge in [-0.05, 0) is 25.1 Å². The lowest BCUT2D eigenvalue weighted by Gasteiger charge is -2.07. The van der Waals surface area contributed by atoms with Crippen molar-refractivity contribution >= 4 is 5.91 Å². The number of carbonyl (C=O) groups is 1. The van der Waals surface area contributed by atoms with Crippen LogP contribution in [0.3, 0.4) is 0 Å². The molecule has 2 rings (SSSR count). The number of carbonyl (C=O) groups excluding carboxylic acids is 1. The summed E-state index contributed by atoms with van der Waals surface area (Å²) in [7, 11) is 0. The minimum Gasteiger partial charge on any atom is -0.350 e. The molecule has 1 N–H and O–H groups in total. The number of rotatable bonds is 4. The van der Waals surface area contributed by atoms with E-state index >= 15 is 0 Å². The topological polar surface area (TPSA) is 64.0 Å². The van der Waals surface area contributed by atoms with E-state index in [4.69, 9.17) is 0 Å². The number of halogens is 1. The van der Waals surface area contributed by atoms with Crippen molar-refractivity contribution in [3.05, 3.63) is 63.8 Å². The van der Waals surface area contributed by atoms with Gasteiger partial charge in [-0.2, -0.15) is 5.10 Å². The highest BCUT2D eigenvalue weighted by atomic mass is 19.1. The molecular formula is C14H14FN3O2. The molecule has 1 aromatic carbocycles. The first-order valence-corrected chi connectivity index (χ1v) is 6.15. The van der Waals surface area contributed by atoms with Gasteiger partial charge in [0.15, 0.2) is 0 Å². The normalized spacial score (nSPS) is 10.3. The number of hydrogen-bond acceptors (Lipinski definition) is 3. The molecular weight excluding hydrogens is 261 g/mol. The number of benzene rings is 1. The van der Waals surface area contributed by atoms with E-state index in [1.165, 1.54) is 28.9 Å². The monoisotopic (exact) mass is 275 g/mol. The molecule has 0 aliphatic heterocycles. The average Bonchev–Trinajstić information content (AvgIpc) is 2.43. The molecule has 0 bridgehead atoms. The van der Waals surface area contributed by atoms with Crippen LogP contribution < -0.4 is 10.9 Å². The van der Waals surface area contributed by atoms with Crippen LogP contribution in [0.2, 0.25) is 0 Å². The summed E-state index contributed by atoms with van der Waals surface area (Å²) in [5.74, 6) is -1.08. The molecule has 0 saturated heterocycles. The lowest BCUT2D eigenvalue weighted by atomic mass is 10.2. The number of hydrogen-bond donors (Lipinski definition) is 1. The van der Waals surface area contributed by atoms with Crippen molar-refractivity contribution in [1.82, 2.24) is 15.1 Å². The number of amides is 1. The smallest absolute Gasteiger partial charge is 0.266 e. The fourth-order valence-corrected chi connectivity index (χ4v) is 1.73. The highest BCUT2D eigenvalue weighted by Crippen LogP contribution is 2.05. The van der Waals surface area contributed by atoms with Crippen LogP contribution in [-0.4, -0.2) is 22.2 Å².